The number of morpholine rings is 1. The number of benzene rings is 1. The van der Waals surface area contributed by atoms with Gasteiger partial charge >= 0.3 is 0 Å². The van der Waals surface area contributed by atoms with E-state index in [0.717, 1.165) is 38.9 Å². The fourth-order valence-electron chi connectivity index (χ4n) is 4.00. The quantitative estimate of drug-likeness (QED) is 0.584. The predicted molar refractivity (Wildman–Crippen MR) is 121 cm³/mol. The van der Waals surface area contributed by atoms with Gasteiger partial charge in [-0.1, -0.05) is 6.07 Å². The van der Waals surface area contributed by atoms with Crippen molar-refractivity contribution in [3.63, 3.8) is 0 Å². The van der Waals surface area contributed by atoms with Crippen molar-refractivity contribution in [1.29, 1.82) is 5.26 Å². The zero-order chi connectivity index (χ0) is 24.1. The lowest BCUT2D eigenvalue weighted by atomic mass is 9.87. The average Bonchev–Trinajstić information content (AvgIpc) is 2.85. The van der Waals surface area contributed by atoms with Gasteiger partial charge in [-0.05, 0) is 24.6 Å². The molecule has 34 heavy (non-hydrogen) atoms. The molecule has 1 atom stereocenters. The lowest BCUT2D eigenvalue weighted by Crippen LogP contribution is -2.38. The molecule has 0 bridgehead atoms. The topological polar surface area (TPSA) is 140 Å². The number of rotatable bonds is 8. The Morgan fingerprint density at radius 1 is 1.24 bits per heavy atom. The fraction of sp³-hybridized carbons (Fsp3) is 0.417. The predicted octanol–water partition coefficient (Wildman–Crippen LogP) is 1.46. The maximum Gasteiger partial charge on any atom is 0.228 e. The summed E-state index contributed by atoms with van der Waals surface area (Å²) in [5, 5.41) is 19.3. The van der Waals surface area contributed by atoms with Gasteiger partial charge in [-0.15, -0.1) is 0 Å². The van der Waals surface area contributed by atoms with Crippen LogP contribution >= 0.6 is 0 Å². The summed E-state index contributed by atoms with van der Waals surface area (Å²) in [7, 11) is 0. The second kappa shape index (κ2) is 10.6. The molecule has 0 aliphatic carbocycles. The van der Waals surface area contributed by atoms with E-state index in [9.17, 15) is 15.2 Å². The molecule has 1 fully saturated rings. The molecule has 0 unspecified atom stereocenters. The minimum Gasteiger partial charge on any atom is -0.490 e. The zero-order valence-corrected chi connectivity index (χ0v) is 18.9. The summed E-state index contributed by atoms with van der Waals surface area (Å²) in [5.41, 5.74) is 6.17. The number of nitrogens with two attached hydrogens (primary N) is 1. The lowest BCUT2D eigenvalue weighted by molar-refractivity contribution is 0.0321. The van der Waals surface area contributed by atoms with Crippen LogP contribution in [0.4, 0.5) is 0 Å². The van der Waals surface area contributed by atoms with Crippen molar-refractivity contribution in [2.45, 2.75) is 19.4 Å². The summed E-state index contributed by atoms with van der Waals surface area (Å²) < 4.78 is 28.3. The van der Waals surface area contributed by atoms with Crippen LogP contribution in [0, 0.1) is 11.3 Å². The van der Waals surface area contributed by atoms with Gasteiger partial charge < -0.3 is 34.2 Å². The molecule has 0 spiro atoms. The first kappa shape index (κ1) is 23.6. The van der Waals surface area contributed by atoms with Gasteiger partial charge in [0.1, 0.15) is 30.6 Å². The first-order chi connectivity index (χ1) is 16.5. The minimum absolute atomic E-state index is 0.0585. The second-order valence-electron chi connectivity index (χ2n) is 7.79. The van der Waals surface area contributed by atoms with Crippen molar-refractivity contribution in [2.75, 3.05) is 46.1 Å². The number of fused-ring (bicyclic) bond motifs is 1. The average molecular weight is 469 g/mol. The van der Waals surface area contributed by atoms with Gasteiger partial charge in [0, 0.05) is 25.7 Å². The van der Waals surface area contributed by atoms with Gasteiger partial charge in [-0.2, -0.15) is 5.26 Å². The number of allylic oxidation sites excluding steroid dienone is 1. The molecule has 1 aromatic heterocycles. The van der Waals surface area contributed by atoms with E-state index in [1.165, 1.54) is 0 Å². The molecule has 3 heterocycles. The fourth-order valence-corrected chi connectivity index (χ4v) is 4.00. The molecule has 180 valence electrons. The van der Waals surface area contributed by atoms with E-state index in [-0.39, 0.29) is 28.7 Å². The van der Waals surface area contributed by atoms with E-state index in [1.807, 2.05) is 6.92 Å². The molecule has 0 amide bonds. The summed E-state index contributed by atoms with van der Waals surface area (Å²) in [5.74, 6) is 0.123. The number of aliphatic hydroxyl groups excluding tert-OH is 1. The molecular formula is C24H27N3O7. The standard InChI is InChI=1S/C24H27N3O7/c1-2-31-20-11-15(3-4-19(20)32-10-7-27-5-8-30-9-6-27)21-17(13-25)24(26)34-22-18(29)12-16(14-28)33-23(21)22/h3-4,11-12,21,28H,2,5-10,14,26H2,1H3/t21-/m1/s1. The van der Waals surface area contributed by atoms with Gasteiger partial charge in [0.05, 0.1) is 25.7 Å². The van der Waals surface area contributed by atoms with Gasteiger partial charge in [0.15, 0.2) is 17.3 Å². The Morgan fingerprint density at radius 2 is 2.03 bits per heavy atom. The molecule has 10 nitrogen and oxygen atoms in total. The van der Waals surface area contributed by atoms with Crippen LogP contribution in [0.15, 0.2) is 44.9 Å². The summed E-state index contributed by atoms with van der Waals surface area (Å²) in [6, 6.07) is 8.45. The van der Waals surface area contributed by atoms with E-state index in [0.29, 0.717) is 30.3 Å². The van der Waals surface area contributed by atoms with Crippen LogP contribution in [0.3, 0.4) is 0 Å². The Morgan fingerprint density at radius 3 is 2.74 bits per heavy atom. The van der Waals surface area contributed by atoms with Crippen molar-refractivity contribution in [3.05, 3.63) is 63.0 Å². The van der Waals surface area contributed by atoms with Crippen LogP contribution in [0.25, 0.3) is 0 Å². The third kappa shape index (κ3) is 4.87. The Bertz CT molecular complexity index is 1160. The van der Waals surface area contributed by atoms with Crippen LogP contribution in [0.5, 0.6) is 17.2 Å². The smallest absolute Gasteiger partial charge is 0.228 e. The van der Waals surface area contributed by atoms with Crippen LogP contribution < -0.4 is 25.4 Å². The van der Waals surface area contributed by atoms with E-state index in [1.54, 1.807) is 18.2 Å². The molecule has 1 aromatic carbocycles. The Kier molecular flexibility index (Phi) is 7.37. The number of hydrogen-bond acceptors (Lipinski definition) is 10. The van der Waals surface area contributed by atoms with Crippen LogP contribution in [-0.4, -0.2) is 56.1 Å². The van der Waals surface area contributed by atoms with Crippen molar-refractivity contribution >= 4 is 0 Å². The monoisotopic (exact) mass is 469 g/mol. The van der Waals surface area contributed by atoms with Gasteiger partial charge in [-0.25, -0.2) is 0 Å². The SMILES string of the molecule is CCOc1cc([C@@H]2C(C#N)=C(N)Oc3c2oc(CO)cc3=O)ccc1OCCN1CCOCC1. The van der Waals surface area contributed by atoms with Crippen molar-refractivity contribution in [1.82, 2.24) is 4.90 Å². The summed E-state index contributed by atoms with van der Waals surface area (Å²) >= 11 is 0. The summed E-state index contributed by atoms with van der Waals surface area (Å²) in [6.07, 6.45) is 0. The molecule has 2 aliphatic heterocycles. The Balaban J connectivity index is 1.66. The third-order valence-electron chi connectivity index (χ3n) is 5.66. The largest absolute Gasteiger partial charge is 0.490 e. The normalized spacial score (nSPS) is 18.1. The maximum absolute atomic E-state index is 12.5. The van der Waals surface area contributed by atoms with Gasteiger partial charge in [0.25, 0.3) is 0 Å². The Hall–Kier alpha value is -3.52. The van der Waals surface area contributed by atoms with E-state index in [4.69, 9.17) is 29.1 Å². The molecule has 4 rings (SSSR count). The molecule has 0 saturated carbocycles. The highest BCUT2D eigenvalue weighted by Gasteiger charge is 2.35. The first-order valence-corrected chi connectivity index (χ1v) is 11.1. The van der Waals surface area contributed by atoms with Crippen molar-refractivity contribution in [2.24, 2.45) is 5.73 Å². The number of aliphatic hydroxyl groups is 1. The third-order valence-corrected chi connectivity index (χ3v) is 5.66. The molecule has 10 heteroatoms. The molecule has 1 saturated heterocycles. The first-order valence-electron chi connectivity index (χ1n) is 11.1. The lowest BCUT2D eigenvalue weighted by Gasteiger charge is -2.27. The molecule has 2 aliphatic rings. The number of hydrogen-bond donors (Lipinski definition) is 2. The van der Waals surface area contributed by atoms with E-state index >= 15 is 0 Å². The zero-order valence-electron chi connectivity index (χ0n) is 18.9. The van der Waals surface area contributed by atoms with Gasteiger partial charge in [-0.3, -0.25) is 9.69 Å². The Labute approximate surface area is 196 Å². The maximum atomic E-state index is 12.5. The van der Waals surface area contributed by atoms with Gasteiger partial charge in [0.2, 0.25) is 17.1 Å². The van der Waals surface area contributed by atoms with Crippen molar-refractivity contribution < 1.29 is 28.5 Å². The van der Waals surface area contributed by atoms with Crippen LogP contribution in [0.2, 0.25) is 0 Å². The number of ether oxygens (including phenoxy) is 4. The molecular weight excluding hydrogens is 442 g/mol. The second-order valence-corrected chi connectivity index (χ2v) is 7.79. The van der Waals surface area contributed by atoms with Crippen molar-refractivity contribution in [3.8, 4) is 23.3 Å². The number of nitriles is 1. The molecule has 2 aromatic rings. The minimum atomic E-state index is -0.811. The molecule has 0 radical (unpaired) electrons. The van der Waals surface area contributed by atoms with E-state index in [2.05, 4.69) is 11.0 Å². The summed E-state index contributed by atoms with van der Waals surface area (Å²) in [6.45, 7) is 6.21. The highest BCUT2D eigenvalue weighted by atomic mass is 16.5. The van der Waals surface area contributed by atoms with E-state index < -0.39 is 18.0 Å². The highest BCUT2D eigenvalue weighted by Crippen LogP contribution is 2.43. The van der Waals surface area contributed by atoms with Crippen LogP contribution in [-0.2, 0) is 11.3 Å². The summed E-state index contributed by atoms with van der Waals surface area (Å²) in [4.78, 5) is 14.8. The molecule has 3 N–H and O–H groups in total. The highest BCUT2D eigenvalue weighted by molar-refractivity contribution is 5.55. The number of nitrogens with zero attached hydrogens (tertiary/aromatic N) is 2. The van der Waals surface area contributed by atoms with Crippen LogP contribution in [0.1, 0.15) is 29.9 Å².